The standard InChI is InChI=1S/C23H23NO6S/c1-4-29-21(25)14-30-18-10-9-17(11-19(18)28-3)12-20-22(26)24(23(27)31-20)13-16-7-5-15(2)6-8-16/h5-12H,4,13-14H2,1-3H3. The second-order valence-corrected chi connectivity index (χ2v) is 7.75. The Morgan fingerprint density at radius 1 is 1.10 bits per heavy atom. The molecule has 2 aromatic carbocycles. The number of hydrogen-bond donors (Lipinski definition) is 0. The number of carbonyl (C=O) groups is 3. The van der Waals surface area contributed by atoms with Gasteiger partial charge >= 0.3 is 5.97 Å². The van der Waals surface area contributed by atoms with Gasteiger partial charge in [-0.2, -0.15) is 0 Å². The van der Waals surface area contributed by atoms with Crippen LogP contribution in [0.4, 0.5) is 4.79 Å². The summed E-state index contributed by atoms with van der Waals surface area (Å²) in [5.74, 6) is -0.0369. The molecule has 0 aliphatic carbocycles. The van der Waals surface area contributed by atoms with Gasteiger partial charge in [0.2, 0.25) is 0 Å². The second kappa shape index (κ2) is 10.2. The fraction of sp³-hybridized carbons (Fsp3) is 0.261. The van der Waals surface area contributed by atoms with Crippen LogP contribution >= 0.6 is 11.8 Å². The van der Waals surface area contributed by atoms with Crippen LogP contribution in [0.15, 0.2) is 47.4 Å². The van der Waals surface area contributed by atoms with Crippen LogP contribution < -0.4 is 9.47 Å². The Kier molecular flexibility index (Phi) is 7.36. The van der Waals surface area contributed by atoms with Crippen molar-refractivity contribution in [2.45, 2.75) is 20.4 Å². The highest BCUT2D eigenvalue weighted by atomic mass is 32.2. The third-order valence-corrected chi connectivity index (χ3v) is 5.38. The van der Waals surface area contributed by atoms with E-state index in [4.69, 9.17) is 14.2 Å². The van der Waals surface area contributed by atoms with Crippen LogP contribution in [0.3, 0.4) is 0 Å². The van der Waals surface area contributed by atoms with E-state index < -0.39 is 5.97 Å². The number of hydrogen-bond acceptors (Lipinski definition) is 7. The summed E-state index contributed by atoms with van der Waals surface area (Å²) in [5.41, 5.74) is 2.67. The quantitative estimate of drug-likeness (QED) is 0.449. The van der Waals surface area contributed by atoms with Crippen molar-refractivity contribution in [2.24, 2.45) is 0 Å². The predicted molar refractivity (Wildman–Crippen MR) is 118 cm³/mol. The first-order chi connectivity index (χ1) is 14.9. The van der Waals surface area contributed by atoms with E-state index in [0.717, 1.165) is 22.9 Å². The first-order valence-electron chi connectivity index (χ1n) is 9.68. The minimum absolute atomic E-state index is 0.228. The van der Waals surface area contributed by atoms with E-state index in [-0.39, 0.29) is 30.9 Å². The molecule has 162 valence electrons. The van der Waals surface area contributed by atoms with E-state index in [1.54, 1.807) is 31.2 Å². The van der Waals surface area contributed by atoms with Gasteiger partial charge < -0.3 is 14.2 Å². The summed E-state index contributed by atoms with van der Waals surface area (Å²) in [6.07, 6.45) is 1.64. The van der Waals surface area contributed by atoms with Crippen LogP contribution in [0, 0.1) is 6.92 Å². The van der Waals surface area contributed by atoms with E-state index in [2.05, 4.69) is 0 Å². The number of rotatable bonds is 8. The normalized spacial score (nSPS) is 14.8. The second-order valence-electron chi connectivity index (χ2n) is 6.76. The number of aryl methyl sites for hydroxylation is 1. The monoisotopic (exact) mass is 441 g/mol. The lowest BCUT2D eigenvalue weighted by Crippen LogP contribution is -2.27. The molecule has 2 amide bonds. The highest BCUT2D eigenvalue weighted by Gasteiger charge is 2.35. The Morgan fingerprint density at radius 3 is 2.52 bits per heavy atom. The summed E-state index contributed by atoms with van der Waals surface area (Å²) in [7, 11) is 1.48. The largest absolute Gasteiger partial charge is 0.493 e. The van der Waals surface area contributed by atoms with Crippen molar-refractivity contribution >= 4 is 35.0 Å². The smallest absolute Gasteiger partial charge is 0.344 e. The zero-order valence-corrected chi connectivity index (χ0v) is 18.4. The van der Waals surface area contributed by atoms with Crippen LogP contribution in [-0.4, -0.2) is 42.3 Å². The summed E-state index contributed by atoms with van der Waals surface area (Å²) < 4.78 is 15.6. The minimum atomic E-state index is -0.476. The molecule has 1 fully saturated rings. The Hall–Kier alpha value is -3.26. The Labute approximate surface area is 185 Å². The third kappa shape index (κ3) is 5.67. The van der Waals surface area contributed by atoms with E-state index in [9.17, 15) is 14.4 Å². The molecule has 1 aliphatic rings. The van der Waals surface area contributed by atoms with Crippen molar-refractivity contribution in [3.8, 4) is 11.5 Å². The molecule has 31 heavy (non-hydrogen) atoms. The molecule has 0 atom stereocenters. The van der Waals surface area contributed by atoms with Gasteiger partial charge in [0.05, 0.1) is 25.2 Å². The number of imide groups is 1. The first kappa shape index (κ1) is 22.4. The van der Waals surface area contributed by atoms with Crippen molar-refractivity contribution in [1.29, 1.82) is 0 Å². The molecule has 2 aromatic rings. The van der Waals surface area contributed by atoms with E-state index in [0.29, 0.717) is 22.0 Å². The van der Waals surface area contributed by atoms with Crippen LogP contribution in [-0.2, 0) is 20.9 Å². The number of amides is 2. The molecule has 0 saturated carbocycles. The van der Waals surface area contributed by atoms with Gasteiger partial charge in [-0.25, -0.2) is 4.79 Å². The summed E-state index contributed by atoms with van der Waals surface area (Å²) in [4.78, 5) is 38.2. The Morgan fingerprint density at radius 2 is 1.84 bits per heavy atom. The maximum absolute atomic E-state index is 12.8. The van der Waals surface area contributed by atoms with Crippen molar-refractivity contribution in [3.63, 3.8) is 0 Å². The van der Waals surface area contributed by atoms with Gasteiger partial charge in [-0.15, -0.1) is 0 Å². The Balaban J connectivity index is 1.73. The molecule has 1 saturated heterocycles. The molecule has 0 N–H and O–H groups in total. The molecule has 0 radical (unpaired) electrons. The van der Waals surface area contributed by atoms with E-state index >= 15 is 0 Å². The summed E-state index contributed by atoms with van der Waals surface area (Å²) >= 11 is 0.902. The topological polar surface area (TPSA) is 82.1 Å². The molecule has 1 aliphatic heterocycles. The fourth-order valence-electron chi connectivity index (χ4n) is 2.90. The summed E-state index contributed by atoms with van der Waals surface area (Å²) in [6.45, 7) is 3.97. The van der Waals surface area contributed by atoms with E-state index in [1.165, 1.54) is 12.0 Å². The highest BCUT2D eigenvalue weighted by Crippen LogP contribution is 2.35. The van der Waals surface area contributed by atoms with Crippen molar-refractivity contribution in [2.75, 3.05) is 20.3 Å². The molecule has 0 spiro atoms. The third-order valence-electron chi connectivity index (χ3n) is 4.47. The lowest BCUT2D eigenvalue weighted by atomic mass is 10.1. The highest BCUT2D eigenvalue weighted by molar-refractivity contribution is 8.18. The number of carbonyl (C=O) groups excluding carboxylic acids is 3. The molecule has 1 heterocycles. The molecule has 0 aromatic heterocycles. The van der Waals surface area contributed by atoms with Crippen LogP contribution in [0.25, 0.3) is 6.08 Å². The van der Waals surface area contributed by atoms with Gasteiger partial charge in [0.15, 0.2) is 18.1 Å². The van der Waals surface area contributed by atoms with Crippen LogP contribution in [0.5, 0.6) is 11.5 Å². The molecular weight excluding hydrogens is 418 g/mol. The van der Waals surface area contributed by atoms with Crippen molar-refractivity contribution < 1.29 is 28.6 Å². The first-order valence-corrected chi connectivity index (χ1v) is 10.5. The minimum Gasteiger partial charge on any atom is -0.493 e. The number of nitrogens with zero attached hydrogens (tertiary/aromatic N) is 1. The number of ether oxygens (including phenoxy) is 3. The molecule has 0 bridgehead atoms. The average Bonchev–Trinajstić information content (AvgIpc) is 3.01. The van der Waals surface area contributed by atoms with E-state index in [1.807, 2.05) is 31.2 Å². The SMILES string of the molecule is CCOC(=O)COc1ccc(C=C2SC(=O)N(Cc3ccc(C)cc3)C2=O)cc1OC. The van der Waals surface area contributed by atoms with Crippen molar-refractivity contribution in [1.82, 2.24) is 4.90 Å². The molecule has 7 nitrogen and oxygen atoms in total. The number of thioether (sulfide) groups is 1. The zero-order valence-electron chi connectivity index (χ0n) is 17.5. The molecular formula is C23H23NO6S. The van der Waals surface area contributed by atoms with Gasteiger partial charge in [-0.3, -0.25) is 14.5 Å². The average molecular weight is 442 g/mol. The van der Waals surface area contributed by atoms with Gasteiger partial charge in [-0.05, 0) is 54.9 Å². The lowest BCUT2D eigenvalue weighted by Gasteiger charge is -2.12. The van der Waals surface area contributed by atoms with Crippen LogP contribution in [0.2, 0.25) is 0 Å². The molecule has 8 heteroatoms. The lowest BCUT2D eigenvalue weighted by molar-refractivity contribution is -0.145. The Bertz CT molecular complexity index is 1020. The maximum Gasteiger partial charge on any atom is 0.344 e. The van der Waals surface area contributed by atoms with Gasteiger partial charge in [0, 0.05) is 0 Å². The molecule has 3 rings (SSSR count). The number of methoxy groups -OCH3 is 1. The molecule has 0 unspecified atom stereocenters. The maximum atomic E-state index is 12.8. The van der Waals surface area contributed by atoms with Gasteiger partial charge in [0.25, 0.3) is 11.1 Å². The van der Waals surface area contributed by atoms with Gasteiger partial charge in [0.1, 0.15) is 0 Å². The summed E-state index contributed by atoms with van der Waals surface area (Å²) in [6, 6.07) is 12.7. The number of benzene rings is 2. The van der Waals surface area contributed by atoms with Crippen molar-refractivity contribution in [3.05, 3.63) is 64.1 Å². The zero-order chi connectivity index (χ0) is 22.4. The predicted octanol–water partition coefficient (Wildman–Crippen LogP) is 4.18. The van der Waals surface area contributed by atoms with Gasteiger partial charge in [-0.1, -0.05) is 35.9 Å². The van der Waals surface area contributed by atoms with Crippen LogP contribution in [0.1, 0.15) is 23.6 Å². The summed E-state index contributed by atoms with van der Waals surface area (Å²) in [5, 5.41) is -0.307. The fourth-order valence-corrected chi connectivity index (χ4v) is 3.73. The number of esters is 1.